The first-order valence-corrected chi connectivity index (χ1v) is 4.88. The molecule has 0 aliphatic rings. The highest BCUT2D eigenvalue weighted by Crippen LogP contribution is 2.05. The quantitative estimate of drug-likeness (QED) is 0.578. The largest absolute Gasteiger partial charge is 0.477 e. The minimum atomic E-state index is 0.263. The van der Waals surface area contributed by atoms with Gasteiger partial charge in [0.25, 0.3) is 0 Å². The molecule has 0 atom stereocenters. The van der Waals surface area contributed by atoms with E-state index in [0.717, 1.165) is 5.56 Å². The fourth-order valence-corrected chi connectivity index (χ4v) is 1.04. The molecule has 0 aliphatic carbocycles. The van der Waals surface area contributed by atoms with Crippen molar-refractivity contribution in [3.05, 3.63) is 35.4 Å². The molecule has 1 N–H and O–H groups in total. The van der Waals surface area contributed by atoms with E-state index < -0.39 is 0 Å². The molecule has 76 valence electrons. The summed E-state index contributed by atoms with van der Waals surface area (Å²) in [6.45, 7) is 6.78. The van der Waals surface area contributed by atoms with E-state index in [0.29, 0.717) is 12.5 Å². The van der Waals surface area contributed by atoms with Crippen LogP contribution < -0.4 is 0 Å². The topological polar surface area (TPSA) is 33.1 Å². The second-order valence-electron chi connectivity index (χ2n) is 3.90. The molecule has 0 spiro atoms. The van der Waals surface area contributed by atoms with E-state index in [4.69, 9.17) is 10.1 Å². The van der Waals surface area contributed by atoms with Crippen molar-refractivity contribution in [1.29, 1.82) is 5.41 Å². The highest BCUT2D eigenvalue weighted by Gasteiger charge is 2.02. The van der Waals surface area contributed by atoms with Gasteiger partial charge >= 0.3 is 0 Å². The van der Waals surface area contributed by atoms with Gasteiger partial charge in [-0.25, -0.2) is 0 Å². The lowest BCUT2D eigenvalue weighted by atomic mass is 10.1. The van der Waals surface area contributed by atoms with Gasteiger partial charge in [0.1, 0.15) is 0 Å². The molecule has 1 rings (SSSR count). The Balaban J connectivity index is 2.57. The molecule has 0 aliphatic heterocycles. The molecule has 0 bridgehead atoms. The van der Waals surface area contributed by atoms with Crippen LogP contribution >= 0.6 is 0 Å². The van der Waals surface area contributed by atoms with Crippen molar-refractivity contribution in [3.8, 4) is 0 Å². The molecular weight excluding hydrogens is 174 g/mol. The second kappa shape index (κ2) is 4.80. The Morgan fingerprint density at radius 1 is 1.29 bits per heavy atom. The Kier molecular flexibility index (Phi) is 3.69. The lowest BCUT2D eigenvalue weighted by molar-refractivity contribution is 0.257. The zero-order chi connectivity index (χ0) is 10.6. The standard InChI is InChI=1S/C12H17NO/c1-9(2)8-14-12(13)11-6-4-10(3)5-7-11/h4-7,9,13H,8H2,1-3H3. The number of hydrogen-bond acceptors (Lipinski definition) is 2. The summed E-state index contributed by atoms with van der Waals surface area (Å²) < 4.78 is 5.31. The van der Waals surface area contributed by atoms with Crippen molar-refractivity contribution in [1.82, 2.24) is 0 Å². The zero-order valence-corrected chi connectivity index (χ0v) is 9.00. The summed E-state index contributed by atoms with van der Waals surface area (Å²) >= 11 is 0. The first-order chi connectivity index (χ1) is 6.59. The maximum atomic E-state index is 7.67. The predicted octanol–water partition coefficient (Wildman–Crippen LogP) is 2.99. The molecule has 14 heavy (non-hydrogen) atoms. The molecule has 0 radical (unpaired) electrons. The van der Waals surface area contributed by atoms with Gasteiger partial charge in [-0.05, 0) is 25.0 Å². The third kappa shape index (κ3) is 3.21. The summed E-state index contributed by atoms with van der Waals surface area (Å²) in [5.74, 6) is 0.722. The summed E-state index contributed by atoms with van der Waals surface area (Å²) in [6, 6.07) is 7.81. The van der Waals surface area contributed by atoms with Gasteiger partial charge in [-0.3, -0.25) is 5.41 Å². The predicted molar refractivity (Wildman–Crippen MR) is 58.8 cm³/mol. The van der Waals surface area contributed by atoms with Crippen LogP contribution in [-0.2, 0) is 4.74 Å². The molecule has 1 aromatic rings. The second-order valence-corrected chi connectivity index (χ2v) is 3.90. The average molecular weight is 191 g/mol. The lowest BCUT2D eigenvalue weighted by Gasteiger charge is -2.09. The van der Waals surface area contributed by atoms with Crippen LogP contribution in [-0.4, -0.2) is 12.5 Å². The van der Waals surface area contributed by atoms with Crippen molar-refractivity contribution in [2.24, 2.45) is 5.92 Å². The molecule has 0 saturated heterocycles. The normalized spacial score (nSPS) is 10.3. The van der Waals surface area contributed by atoms with Crippen molar-refractivity contribution in [2.75, 3.05) is 6.61 Å². The van der Waals surface area contributed by atoms with E-state index >= 15 is 0 Å². The lowest BCUT2D eigenvalue weighted by Crippen LogP contribution is -2.10. The van der Waals surface area contributed by atoms with Gasteiger partial charge in [-0.1, -0.05) is 31.5 Å². The van der Waals surface area contributed by atoms with Crippen LogP contribution in [0.1, 0.15) is 25.0 Å². The maximum absolute atomic E-state index is 7.67. The number of benzene rings is 1. The van der Waals surface area contributed by atoms with Crippen molar-refractivity contribution < 1.29 is 4.74 Å². The van der Waals surface area contributed by atoms with Crippen LogP contribution in [0.2, 0.25) is 0 Å². The number of ether oxygens (including phenoxy) is 1. The summed E-state index contributed by atoms with van der Waals surface area (Å²) in [4.78, 5) is 0. The molecule has 0 aromatic heterocycles. The smallest absolute Gasteiger partial charge is 0.213 e. The van der Waals surface area contributed by atoms with Gasteiger partial charge < -0.3 is 4.74 Å². The number of aryl methyl sites for hydroxylation is 1. The van der Waals surface area contributed by atoms with Crippen LogP contribution in [0.25, 0.3) is 0 Å². The Hall–Kier alpha value is -1.31. The van der Waals surface area contributed by atoms with E-state index in [-0.39, 0.29) is 5.90 Å². The van der Waals surface area contributed by atoms with E-state index in [1.807, 2.05) is 31.2 Å². The van der Waals surface area contributed by atoms with Crippen molar-refractivity contribution >= 4 is 5.90 Å². The molecule has 0 saturated carbocycles. The van der Waals surface area contributed by atoms with Crippen LogP contribution in [0.5, 0.6) is 0 Å². The van der Waals surface area contributed by atoms with Crippen LogP contribution in [0.4, 0.5) is 0 Å². The summed E-state index contributed by atoms with van der Waals surface area (Å²) in [6.07, 6.45) is 0. The molecular formula is C12H17NO. The van der Waals surface area contributed by atoms with E-state index in [9.17, 15) is 0 Å². The Bertz CT molecular complexity index is 301. The first kappa shape index (κ1) is 10.8. The SMILES string of the molecule is Cc1ccc(C(=N)OCC(C)C)cc1. The summed E-state index contributed by atoms with van der Waals surface area (Å²) in [5, 5.41) is 7.67. The monoisotopic (exact) mass is 191 g/mol. The zero-order valence-electron chi connectivity index (χ0n) is 9.00. The van der Waals surface area contributed by atoms with Crippen molar-refractivity contribution in [3.63, 3.8) is 0 Å². The van der Waals surface area contributed by atoms with Crippen LogP contribution in [0, 0.1) is 18.3 Å². The fourth-order valence-electron chi connectivity index (χ4n) is 1.04. The van der Waals surface area contributed by atoms with E-state index in [2.05, 4.69) is 13.8 Å². The van der Waals surface area contributed by atoms with Gasteiger partial charge in [-0.15, -0.1) is 0 Å². The number of nitrogens with one attached hydrogen (secondary N) is 1. The molecule has 0 amide bonds. The minimum absolute atomic E-state index is 0.263. The van der Waals surface area contributed by atoms with Gasteiger partial charge in [0.05, 0.1) is 6.61 Å². The molecule has 2 nitrogen and oxygen atoms in total. The van der Waals surface area contributed by atoms with E-state index in [1.165, 1.54) is 5.56 Å². The number of hydrogen-bond donors (Lipinski definition) is 1. The molecule has 0 heterocycles. The molecule has 1 aromatic carbocycles. The molecule has 2 heteroatoms. The highest BCUT2D eigenvalue weighted by atomic mass is 16.5. The summed E-state index contributed by atoms with van der Waals surface area (Å²) in [7, 11) is 0. The third-order valence-electron chi connectivity index (χ3n) is 1.87. The fraction of sp³-hybridized carbons (Fsp3) is 0.417. The van der Waals surface area contributed by atoms with Gasteiger partial charge in [0.15, 0.2) is 0 Å². The minimum Gasteiger partial charge on any atom is -0.477 e. The van der Waals surface area contributed by atoms with Crippen LogP contribution in [0.15, 0.2) is 24.3 Å². The Labute approximate surface area is 85.4 Å². The maximum Gasteiger partial charge on any atom is 0.213 e. The summed E-state index contributed by atoms with van der Waals surface area (Å²) in [5.41, 5.74) is 2.04. The van der Waals surface area contributed by atoms with Gasteiger partial charge in [0.2, 0.25) is 5.90 Å². The Morgan fingerprint density at radius 2 is 1.86 bits per heavy atom. The average Bonchev–Trinajstić information content (AvgIpc) is 2.15. The van der Waals surface area contributed by atoms with Crippen molar-refractivity contribution in [2.45, 2.75) is 20.8 Å². The first-order valence-electron chi connectivity index (χ1n) is 4.88. The molecule has 0 fully saturated rings. The third-order valence-corrected chi connectivity index (χ3v) is 1.87. The number of rotatable bonds is 3. The Morgan fingerprint density at radius 3 is 2.36 bits per heavy atom. The van der Waals surface area contributed by atoms with Crippen LogP contribution in [0.3, 0.4) is 0 Å². The van der Waals surface area contributed by atoms with Gasteiger partial charge in [0, 0.05) is 5.56 Å². The van der Waals surface area contributed by atoms with E-state index in [1.54, 1.807) is 0 Å². The highest BCUT2D eigenvalue weighted by molar-refractivity contribution is 5.91. The van der Waals surface area contributed by atoms with Gasteiger partial charge in [-0.2, -0.15) is 0 Å². The molecule has 0 unspecified atom stereocenters.